The van der Waals surface area contributed by atoms with Gasteiger partial charge < -0.3 is 15.3 Å². The Hall–Kier alpha value is -2.45. The van der Waals surface area contributed by atoms with E-state index in [0.717, 1.165) is 4.47 Å². The fourth-order valence-electron chi connectivity index (χ4n) is 2.18. The third-order valence-corrected chi connectivity index (χ3v) is 3.72. The highest BCUT2D eigenvalue weighted by molar-refractivity contribution is 9.10. The van der Waals surface area contributed by atoms with E-state index < -0.39 is 11.1 Å². The van der Waals surface area contributed by atoms with E-state index >= 15 is 0 Å². The normalized spacial score (nSPS) is 10.2. The SMILES string of the molecule is Cl.O=C(NCc1cc(Br)cc2[nH]c(=O)c(=O)[nH]c12)c1ccncc1. The number of aromatic nitrogens is 3. The lowest BCUT2D eigenvalue weighted by Crippen LogP contribution is -2.30. The van der Waals surface area contributed by atoms with E-state index in [0.29, 0.717) is 22.2 Å². The maximum absolute atomic E-state index is 12.1. The van der Waals surface area contributed by atoms with Crippen LogP contribution in [0.4, 0.5) is 0 Å². The minimum atomic E-state index is -0.735. The van der Waals surface area contributed by atoms with Crippen molar-refractivity contribution in [3.8, 4) is 0 Å². The molecule has 0 saturated carbocycles. The number of aromatic amines is 2. The summed E-state index contributed by atoms with van der Waals surface area (Å²) in [6.45, 7) is 0.194. The number of benzene rings is 1. The molecule has 3 rings (SSSR count). The molecule has 0 atom stereocenters. The first-order valence-corrected chi connectivity index (χ1v) is 7.47. The number of hydrogen-bond donors (Lipinski definition) is 3. The van der Waals surface area contributed by atoms with E-state index in [2.05, 4.69) is 36.2 Å². The molecule has 0 unspecified atom stereocenters. The van der Waals surface area contributed by atoms with Gasteiger partial charge in [0.25, 0.3) is 5.91 Å². The first-order valence-electron chi connectivity index (χ1n) is 6.67. The summed E-state index contributed by atoms with van der Waals surface area (Å²) in [5.41, 5.74) is 0.667. The van der Waals surface area contributed by atoms with E-state index in [4.69, 9.17) is 0 Å². The van der Waals surface area contributed by atoms with E-state index in [9.17, 15) is 14.4 Å². The number of pyridine rings is 1. The quantitative estimate of drug-likeness (QED) is 0.570. The van der Waals surface area contributed by atoms with Crippen LogP contribution in [0.5, 0.6) is 0 Å². The lowest BCUT2D eigenvalue weighted by molar-refractivity contribution is 0.0951. The van der Waals surface area contributed by atoms with Gasteiger partial charge in [0.2, 0.25) is 0 Å². The first kappa shape index (κ1) is 17.9. The van der Waals surface area contributed by atoms with Crippen LogP contribution in [-0.4, -0.2) is 20.9 Å². The highest BCUT2D eigenvalue weighted by atomic mass is 79.9. The Bertz CT molecular complexity index is 1000. The van der Waals surface area contributed by atoms with Gasteiger partial charge in [0.05, 0.1) is 11.0 Å². The second-order valence-corrected chi connectivity index (χ2v) is 5.73. The molecule has 0 radical (unpaired) electrons. The summed E-state index contributed by atoms with van der Waals surface area (Å²) in [5, 5.41) is 2.77. The Morgan fingerprint density at radius 3 is 2.50 bits per heavy atom. The fraction of sp³-hybridized carbons (Fsp3) is 0.0667. The van der Waals surface area contributed by atoms with Crippen LogP contribution < -0.4 is 16.4 Å². The number of rotatable bonds is 3. The van der Waals surface area contributed by atoms with Gasteiger partial charge in [-0.25, -0.2) is 0 Å². The monoisotopic (exact) mass is 410 g/mol. The molecule has 0 spiro atoms. The van der Waals surface area contributed by atoms with Crippen LogP contribution in [0.2, 0.25) is 0 Å². The number of nitrogens with zero attached hydrogens (tertiary/aromatic N) is 1. The second kappa shape index (κ2) is 7.41. The van der Waals surface area contributed by atoms with Crippen molar-refractivity contribution in [3.05, 3.63) is 73.0 Å². The van der Waals surface area contributed by atoms with Crippen LogP contribution in [0.1, 0.15) is 15.9 Å². The summed E-state index contributed by atoms with van der Waals surface area (Å²) in [4.78, 5) is 43.9. The molecular formula is C15H12BrClN4O3. The molecular weight excluding hydrogens is 400 g/mol. The lowest BCUT2D eigenvalue weighted by Gasteiger charge is -2.09. The van der Waals surface area contributed by atoms with Crippen molar-refractivity contribution < 1.29 is 4.79 Å². The molecule has 124 valence electrons. The van der Waals surface area contributed by atoms with Gasteiger partial charge in [0.1, 0.15) is 0 Å². The largest absolute Gasteiger partial charge is 0.348 e. The number of carbonyl (C=O) groups excluding carboxylic acids is 1. The lowest BCUT2D eigenvalue weighted by atomic mass is 10.1. The molecule has 2 heterocycles. The van der Waals surface area contributed by atoms with E-state index in [1.807, 2.05) is 0 Å². The highest BCUT2D eigenvalue weighted by Crippen LogP contribution is 2.20. The summed E-state index contributed by atoms with van der Waals surface area (Å²) in [5.74, 6) is -0.257. The van der Waals surface area contributed by atoms with Crippen LogP contribution in [0, 0.1) is 0 Å². The molecule has 24 heavy (non-hydrogen) atoms. The zero-order valence-electron chi connectivity index (χ0n) is 12.1. The topological polar surface area (TPSA) is 108 Å². The third kappa shape index (κ3) is 3.72. The van der Waals surface area contributed by atoms with Gasteiger partial charge in [-0.1, -0.05) is 15.9 Å². The van der Waals surface area contributed by atoms with Crippen LogP contribution in [0.3, 0.4) is 0 Å². The standard InChI is InChI=1S/C15H11BrN4O3.ClH/c16-10-5-9(7-18-13(21)8-1-3-17-4-2-8)12-11(6-10)19-14(22)15(23)20-12;/h1-6H,7H2,(H,18,21)(H,19,22)(H,20,23);1H. The number of nitrogens with one attached hydrogen (secondary N) is 3. The van der Waals surface area contributed by atoms with Crippen molar-refractivity contribution in [2.24, 2.45) is 0 Å². The molecule has 0 saturated heterocycles. The summed E-state index contributed by atoms with van der Waals surface area (Å²) >= 11 is 3.34. The summed E-state index contributed by atoms with van der Waals surface area (Å²) in [7, 11) is 0. The predicted molar refractivity (Wildman–Crippen MR) is 95.5 cm³/mol. The molecule has 0 bridgehead atoms. The van der Waals surface area contributed by atoms with Crippen molar-refractivity contribution in [1.29, 1.82) is 0 Å². The molecule has 3 aromatic rings. The minimum Gasteiger partial charge on any atom is -0.348 e. The van der Waals surface area contributed by atoms with Crippen LogP contribution in [-0.2, 0) is 6.54 Å². The van der Waals surface area contributed by atoms with E-state index in [1.54, 1.807) is 24.3 Å². The predicted octanol–water partition coefficient (Wildman–Crippen LogP) is 1.73. The molecule has 1 amide bonds. The van der Waals surface area contributed by atoms with Crippen LogP contribution >= 0.6 is 28.3 Å². The third-order valence-electron chi connectivity index (χ3n) is 3.26. The Balaban J connectivity index is 0.00000208. The average Bonchev–Trinajstić information content (AvgIpc) is 2.55. The Morgan fingerprint density at radius 1 is 1.12 bits per heavy atom. The van der Waals surface area contributed by atoms with Crippen LogP contribution in [0.25, 0.3) is 11.0 Å². The Kier molecular flexibility index (Phi) is 5.53. The number of fused-ring (bicyclic) bond motifs is 1. The minimum absolute atomic E-state index is 0. The van der Waals surface area contributed by atoms with Gasteiger partial charge in [-0.15, -0.1) is 12.4 Å². The maximum Gasteiger partial charge on any atom is 0.314 e. The van der Waals surface area contributed by atoms with Crippen molar-refractivity contribution >= 4 is 45.3 Å². The Labute approximate surface area is 150 Å². The summed E-state index contributed by atoms with van der Waals surface area (Å²) < 4.78 is 0.723. The molecule has 0 aliphatic rings. The van der Waals surface area contributed by atoms with Crippen LogP contribution in [0.15, 0.2) is 50.7 Å². The highest BCUT2D eigenvalue weighted by Gasteiger charge is 2.09. The number of H-pyrrole nitrogens is 2. The number of amides is 1. The molecule has 9 heteroatoms. The molecule has 0 aliphatic carbocycles. The van der Waals surface area contributed by atoms with E-state index in [-0.39, 0.29) is 24.9 Å². The zero-order chi connectivity index (χ0) is 16.4. The second-order valence-electron chi connectivity index (χ2n) is 4.81. The van der Waals surface area contributed by atoms with Gasteiger partial charge in [-0.05, 0) is 29.8 Å². The maximum atomic E-state index is 12.1. The fourth-order valence-corrected chi connectivity index (χ4v) is 2.68. The first-order chi connectivity index (χ1) is 11.0. The summed E-state index contributed by atoms with van der Waals surface area (Å²) in [6.07, 6.45) is 3.07. The molecule has 0 aliphatic heterocycles. The Morgan fingerprint density at radius 2 is 1.79 bits per heavy atom. The van der Waals surface area contributed by atoms with E-state index in [1.165, 1.54) is 12.4 Å². The molecule has 3 N–H and O–H groups in total. The van der Waals surface area contributed by atoms with Crippen molar-refractivity contribution in [2.45, 2.75) is 6.54 Å². The van der Waals surface area contributed by atoms with Gasteiger partial charge in [0.15, 0.2) is 0 Å². The molecule has 1 aromatic carbocycles. The van der Waals surface area contributed by atoms with Crippen molar-refractivity contribution in [2.75, 3.05) is 0 Å². The van der Waals surface area contributed by atoms with Gasteiger partial charge >= 0.3 is 11.1 Å². The molecule has 0 fully saturated rings. The van der Waals surface area contributed by atoms with Gasteiger partial charge in [-0.2, -0.15) is 0 Å². The molecule has 7 nitrogen and oxygen atoms in total. The number of hydrogen-bond acceptors (Lipinski definition) is 4. The zero-order valence-corrected chi connectivity index (χ0v) is 14.5. The smallest absolute Gasteiger partial charge is 0.314 e. The number of carbonyl (C=O) groups is 1. The van der Waals surface area contributed by atoms with Gasteiger partial charge in [0, 0.05) is 29.0 Å². The van der Waals surface area contributed by atoms with Gasteiger partial charge in [-0.3, -0.25) is 19.4 Å². The number of halogens is 2. The molecule has 2 aromatic heterocycles. The van der Waals surface area contributed by atoms with Crippen molar-refractivity contribution in [1.82, 2.24) is 20.3 Å². The summed E-state index contributed by atoms with van der Waals surface area (Å²) in [6, 6.07) is 6.66. The average molecular weight is 412 g/mol. The van der Waals surface area contributed by atoms with Crippen molar-refractivity contribution in [3.63, 3.8) is 0 Å².